The number of nitrogens with one attached hydrogen (secondary N) is 1. The molecule has 0 spiro atoms. The van der Waals surface area contributed by atoms with Crippen molar-refractivity contribution in [3.05, 3.63) is 36.0 Å². The van der Waals surface area contributed by atoms with Crippen LogP contribution in [-0.2, 0) is 0 Å². The van der Waals surface area contributed by atoms with Crippen molar-refractivity contribution >= 4 is 11.5 Å². The van der Waals surface area contributed by atoms with Crippen LogP contribution in [0.1, 0.15) is 31.1 Å². The molecule has 98 valence electrons. The average Bonchev–Trinajstić information content (AvgIpc) is 2.29. The van der Waals surface area contributed by atoms with E-state index in [1.807, 2.05) is 12.3 Å². The van der Waals surface area contributed by atoms with Crippen LogP contribution in [0.2, 0.25) is 0 Å². The first-order chi connectivity index (χ1) is 8.50. The first-order valence-electron chi connectivity index (χ1n) is 5.95. The number of ether oxygens (including phenoxy) is 1. The normalized spacial score (nSPS) is 10.9. The van der Waals surface area contributed by atoms with Crippen LogP contribution in [-0.4, -0.2) is 18.4 Å². The van der Waals surface area contributed by atoms with Crippen molar-refractivity contribution < 1.29 is 9.53 Å². The zero-order chi connectivity index (χ0) is 13.5. The first kappa shape index (κ1) is 14.1. The van der Waals surface area contributed by atoms with Crippen LogP contribution in [0.5, 0.6) is 5.75 Å². The van der Waals surface area contributed by atoms with Crippen molar-refractivity contribution in [2.24, 2.45) is 0 Å². The fourth-order valence-corrected chi connectivity index (χ4v) is 1.40. The lowest BCUT2D eigenvalue weighted by atomic mass is 10.1. The second-order valence-corrected chi connectivity index (χ2v) is 4.35. The lowest BCUT2D eigenvalue weighted by Crippen LogP contribution is -2.15. The Balaban J connectivity index is 2.62. The average molecular weight is 248 g/mol. The summed E-state index contributed by atoms with van der Waals surface area (Å²) in [5.41, 5.74) is 6.72. The fraction of sp³-hybridized carbons (Fsp3) is 0.357. The van der Waals surface area contributed by atoms with Crippen LogP contribution in [0.25, 0.3) is 0 Å². The Labute approximate surface area is 108 Å². The number of anilines is 1. The number of hydrogen-bond donors (Lipinski definition) is 2. The second kappa shape index (κ2) is 6.69. The number of Topliss-reactive ketones (excluding diaryl/α,β-unsaturated/α-hetero) is 1. The molecule has 0 aromatic heterocycles. The summed E-state index contributed by atoms with van der Waals surface area (Å²) in [5, 5.41) is 3.13. The Morgan fingerprint density at radius 3 is 2.83 bits per heavy atom. The minimum absolute atomic E-state index is 0.0541. The highest BCUT2D eigenvalue weighted by molar-refractivity contribution is 5.97. The van der Waals surface area contributed by atoms with Crippen molar-refractivity contribution in [3.63, 3.8) is 0 Å². The van der Waals surface area contributed by atoms with E-state index in [-0.39, 0.29) is 5.78 Å². The van der Waals surface area contributed by atoms with Gasteiger partial charge >= 0.3 is 0 Å². The maximum atomic E-state index is 11.4. The molecule has 18 heavy (non-hydrogen) atoms. The van der Waals surface area contributed by atoms with E-state index in [2.05, 4.69) is 19.2 Å². The molecule has 1 aromatic rings. The number of ketones is 1. The molecule has 1 rings (SSSR count). The molecule has 0 aliphatic heterocycles. The number of carbonyl (C=O) groups is 1. The van der Waals surface area contributed by atoms with E-state index in [0.29, 0.717) is 29.6 Å². The maximum absolute atomic E-state index is 11.4. The summed E-state index contributed by atoms with van der Waals surface area (Å²) in [6.45, 7) is 6.01. The fourth-order valence-electron chi connectivity index (χ4n) is 1.40. The number of nitrogen functional groups attached to an aromatic ring is 1. The first-order valence-corrected chi connectivity index (χ1v) is 5.95. The van der Waals surface area contributed by atoms with Gasteiger partial charge in [0.15, 0.2) is 5.78 Å². The maximum Gasteiger partial charge on any atom is 0.163 e. The summed E-state index contributed by atoms with van der Waals surface area (Å²) >= 11 is 0. The third-order valence-corrected chi connectivity index (χ3v) is 2.27. The number of nitrogens with two attached hydrogens (primary N) is 1. The lowest BCUT2D eigenvalue weighted by Gasteiger charge is -2.09. The molecule has 0 atom stereocenters. The number of rotatable bonds is 6. The largest absolute Gasteiger partial charge is 0.489 e. The molecule has 0 aliphatic carbocycles. The van der Waals surface area contributed by atoms with Gasteiger partial charge in [-0.2, -0.15) is 0 Å². The molecule has 0 saturated carbocycles. The van der Waals surface area contributed by atoms with Crippen LogP contribution < -0.4 is 15.8 Å². The topological polar surface area (TPSA) is 64.4 Å². The van der Waals surface area contributed by atoms with Gasteiger partial charge in [-0.3, -0.25) is 4.79 Å². The van der Waals surface area contributed by atoms with Crippen LogP contribution in [0.3, 0.4) is 0 Å². The molecule has 0 aliphatic rings. The van der Waals surface area contributed by atoms with Crippen LogP contribution in [0, 0.1) is 0 Å². The highest BCUT2D eigenvalue weighted by Gasteiger charge is 2.08. The number of carbonyl (C=O) groups excluding carboxylic acids is 1. The number of hydrogen-bond acceptors (Lipinski definition) is 4. The van der Waals surface area contributed by atoms with Crippen molar-refractivity contribution in [2.75, 3.05) is 12.3 Å². The SMILES string of the molecule is CC(=O)c1cc(N)ccc1OC/C=C/NC(C)C. The molecule has 4 nitrogen and oxygen atoms in total. The predicted molar refractivity (Wildman–Crippen MR) is 73.8 cm³/mol. The smallest absolute Gasteiger partial charge is 0.163 e. The summed E-state index contributed by atoms with van der Waals surface area (Å²) in [7, 11) is 0. The molecular formula is C14H20N2O2. The van der Waals surface area contributed by atoms with E-state index in [1.54, 1.807) is 18.2 Å². The van der Waals surface area contributed by atoms with Gasteiger partial charge in [-0.15, -0.1) is 0 Å². The Morgan fingerprint density at radius 2 is 2.22 bits per heavy atom. The van der Waals surface area contributed by atoms with Gasteiger partial charge in [0.1, 0.15) is 12.4 Å². The predicted octanol–water partition coefficient (Wildman–Crippen LogP) is 2.36. The van der Waals surface area contributed by atoms with Gasteiger partial charge in [-0.1, -0.05) is 0 Å². The zero-order valence-corrected chi connectivity index (χ0v) is 11.1. The number of benzene rings is 1. The van der Waals surface area contributed by atoms with Crippen molar-refractivity contribution in [3.8, 4) is 5.75 Å². The lowest BCUT2D eigenvalue weighted by molar-refractivity contribution is 0.101. The van der Waals surface area contributed by atoms with Gasteiger partial charge < -0.3 is 15.8 Å². The molecule has 0 radical (unpaired) electrons. The van der Waals surface area contributed by atoms with Crippen molar-refractivity contribution in [1.82, 2.24) is 5.32 Å². The quantitative estimate of drug-likeness (QED) is 0.599. The molecule has 0 heterocycles. The third kappa shape index (κ3) is 4.49. The molecular weight excluding hydrogens is 228 g/mol. The van der Waals surface area contributed by atoms with Gasteiger partial charge in [-0.25, -0.2) is 0 Å². The summed E-state index contributed by atoms with van der Waals surface area (Å²) < 4.78 is 5.53. The van der Waals surface area contributed by atoms with Crippen LogP contribution >= 0.6 is 0 Å². The van der Waals surface area contributed by atoms with Gasteiger partial charge in [0, 0.05) is 11.7 Å². The minimum atomic E-state index is -0.0541. The van der Waals surface area contributed by atoms with Crippen molar-refractivity contribution in [1.29, 1.82) is 0 Å². The van der Waals surface area contributed by atoms with Crippen molar-refractivity contribution in [2.45, 2.75) is 26.8 Å². The monoisotopic (exact) mass is 248 g/mol. The second-order valence-electron chi connectivity index (χ2n) is 4.35. The molecule has 4 heteroatoms. The van der Waals surface area contributed by atoms with Crippen LogP contribution in [0.15, 0.2) is 30.5 Å². The summed E-state index contributed by atoms with van der Waals surface area (Å²) in [5.74, 6) is 0.507. The molecule has 0 bridgehead atoms. The Bertz CT molecular complexity index is 439. The Kier molecular flexibility index (Phi) is 5.24. The summed E-state index contributed by atoms with van der Waals surface area (Å²) in [6.07, 6.45) is 3.70. The van der Waals surface area contributed by atoms with E-state index >= 15 is 0 Å². The van der Waals surface area contributed by atoms with Crippen LogP contribution in [0.4, 0.5) is 5.69 Å². The molecule has 1 aromatic carbocycles. The Hall–Kier alpha value is -1.97. The van der Waals surface area contributed by atoms with Gasteiger partial charge in [0.2, 0.25) is 0 Å². The van der Waals surface area contributed by atoms with Gasteiger partial charge in [-0.05, 0) is 51.2 Å². The highest BCUT2D eigenvalue weighted by Crippen LogP contribution is 2.21. The minimum Gasteiger partial charge on any atom is -0.489 e. The molecule has 0 fully saturated rings. The van der Waals surface area contributed by atoms with E-state index in [4.69, 9.17) is 10.5 Å². The van der Waals surface area contributed by atoms with Gasteiger partial charge in [0.25, 0.3) is 0 Å². The highest BCUT2D eigenvalue weighted by atomic mass is 16.5. The Morgan fingerprint density at radius 1 is 1.50 bits per heavy atom. The molecule has 3 N–H and O–H groups in total. The van der Waals surface area contributed by atoms with E-state index in [9.17, 15) is 4.79 Å². The van der Waals surface area contributed by atoms with Gasteiger partial charge in [0.05, 0.1) is 5.56 Å². The van der Waals surface area contributed by atoms with E-state index in [0.717, 1.165) is 0 Å². The summed E-state index contributed by atoms with van der Waals surface area (Å²) in [4.78, 5) is 11.4. The zero-order valence-electron chi connectivity index (χ0n) is 11.1. The van der Waals surface area contributed by atoms with E-state index < -0.39 is 0 Å². The standard InChI is InChI=1S/C14H20N2O2/c1-10(2)16-7-4-8-18-14-6-5-12(15)9-13(14)11(3)17/h4-7,9-10,16H,8,15H2,1-3H3/b7-4+. The molecule has 0 unspecified atom stereocenters. The summed E-state index contributed by atoms with van der Waals surface area (Å²) in [6, 6.07) is 5.46. The third-order valence-electron chi connectivity index (χ3n) is 2.27. The van der Waals surface area contributed by atoms with E-state index in [1.165, 1.54) is 6.92 Å². The molecule has 0 saturated heterocycles. The molecule has 0 amide bonds.